The van der Waals surface area contributed by atoms with Gasteiger partial charge in [-0.15, -0.1) is 0 Å². The molecule has 122 valence electrons. The van der Waals surface area contributed by atoms with E-state index in [9.17, 15) is 9.90 Å². The molecule has 1 aromatic rings. The fourth-order valence-electron chi connectivity index (χ4n) is 3.85. The normalized spacial score (nSPS) is 25.2. The van der Waals surface area contributed by atoms with E-state index in [4.69, 9.17) is 0 Å². The van der Waals surface area contributed by atoms with Gasteiger partial charge in [-0.1, -0.05) is 19.3 Å². The summed E-state index contributed by atoms with van der Waals surface area (Å²) in [5, 5.41) is 10.6. The lowest BCUT2D eigenvalue weighted by atomic mass is 9.82. The van der Waals surface area contributed by atoms with E-state index in [1.54, 1.807) is 0 Å². The van der Waals surface area contributed by atoms with Gasteiger partial charge in [0.15, 0.2) is 0 Å². The first-order valence-corrected chi connectivity index (χ1v) is 8.57. The molecule has 1 saturated heterocycles. The van der Waals surface area contributed by atoms with Crippen LogP contribution in [0.4, 0.5) is 0 Å². The summed E-state index contributed by atoms with van der Waals surface area (Å²) in [6, 6.07) is 0. The number of hydrogen-bond acceptors (Lipinski definition) is 3. The second-order valence-electron chi connectivity index (χ2n) is 7.09. The van der Waals surface area contributed by atoms with Crippen LogP contribution in [0.15, 0.2) is 6.20 Å². The first-order chi connectivity index (χ1) is 10.6. The Kier molecular flexibility index (Phi) is 4.52. The number of hydrogen-bond donors (Lipinski definition) is 2. The van der Waals surface area contributed by atoms with E-state index in [1.807, 2.05) is 18.0 Å². The lowest BCUT2D eigenvalue weighted by molar-refractivity contribution is -0.139. The van der Waals surface area contributed by atoms with Crippen LogP contribution >= 0.6 is 0 Å². The molecule has 2 heterocycles. The number of carbonyl (C=O) groups excluding carboxylic acids is 1. The van der Waals surface area contributed by atoms with Crippen molar-refractivity contribution in [3.05, 3.63) is 17.7 Å². The van der Waals surface area contributed by atoms with Gasteiger partial charge in [-0.2, -0.15) is 0 Å². The van der Waals surface area contributed by atoms with Crippen LogP contribution < -0.4 is 0 Å². The Labute approximate surface area is 132 Å². The number of aromatic nitrogens is 2. The molecule has 2 N–H and O–H groups in total. The van der Waals surface area contributed by atoms with Crippen LogP contribution in [0.2, 0.25) is 0 Å². The lowest BCUT2D eigenvalue weighted by Gasteiger charge is -2.36. The molecule has 1 saturated carbocycles. The molecule has 5 nitrogen and oxygen atoms in total. The number of aryl methyl sites for hydroxylation is 1. The van der Waals surface area contributed by atoms with Crippen molar-refractivity contribution in [1.29, 1.82) is 0 Å². The number of amides is 1. The molecule has 0 radical (unpaired) electrons. The van der Waals surface area contributed by atoms with Crippen molar-refractivity contribution in [2.75, 3.05) is 13.1 Å². The molecule has 1 amide bonds. The van der Waals surface area contributed by atoms with E-state index >= 15 is 0 Å². The van der Waals surface area contributed by atoms with E-state index in [-0.39, 0.29) is 12.3 Å². The van der Waals surface area contributed by atoms with E-state index in [0.717, 1.165) is 63.1 Å². The molecule has 2 aliphatic rings. The van der Waals surface area contributed by atoms with Gasteiger partial charge >= 0.3 is 0 Å². The number of nitrogens with zero attached hydrogens (tertiary/aromatic N) is 2. The highest BCUT2D eigenvalue weighted by Gasteiger charge is 2.35. The van der Waals surface area contributed by atoms with Crippen LogP contribution in [0.1, 0.15) is 68.8 Å². The monoisotopic (exact) mass is 305 g/mol. The van der Waals surface area contributed by atoms with Gasteiger partial charge in [0, 0.05) is 30.9 Å². The molecule has 22 heavy (non-hydrogen) atoms. The zero-order valence-corrected chi connectivity index (χ0v) is 13.5. The summed E-state index contributed by atoms with van der Waals surface area (Å²) in [7, 11) is 0. The number of nitrogens with one attached hydrogen (secondary N) is 1. The lowest BCUT2D eigenvalue weighted by Crippen LogP contribution is -2.44. The maximum Gasteiger partial charge on any atom is 0.225 e. The molecule has 1 atom stereocenters. The Morgan fingerprint density at radius 1 is 1.41 bits per heavy atom. The highest BCUT2D eigenvalue weighted by molar-refractivity contribution is 5.77. The fourth-order valence-corrected chi connectivity index (χ4v) is 3.85. The molecule has 1 unspecified atom stereocenters. The summed E-state index contributed by atoms with van der Waals surface area (Å²) in [5.74, 6) is 1.40. The highest BCUT2D eigenvalue weighted by Crippen LogP contribution is 2.32. The van der Waals surface area contributed by atoms with Crippen LogP contribution in [0.3, 0.4) is 0 Å². The van der Waals surface area contributed by atoms with Crippen molar-refractivity contribution >= 4 is 5.91 Å². The summed E-state index contributed by atoms with van der Waals surface area (Å²) in [6.07, 6.45) is 9.02. The molecular weight excluding hydrogens is 278 g/mol. The van der Waals surface area contributed by atoms with Crippen LogP contribution in [0.25, 0.3) is 0 Å². The van der Waals surface area contributed by atoms with Crippen LogP contribution in [-0.4, -0.2) is 44.6 Å². The van der Waals surface area contributed by atoms with Crippen molar-refractivity contribution in [3.8, 4) is 0 Å². The van der Waals surface area contributed by atoms with Gasteiger partial charge in [0.05, 0.1) is 12.0 Å². The third-order valence-electron chi connectivity index (χ3n) is 5.15. The zero-order valence-electron chi connectivity index (χ0n) is 13.5. The summed E-state index contributed by atoms with van der Waals surface area (Å²) >= 11 is 0. The largest absolute Gasteiger partial charge is 0.389 e. The Balaban J connectivity index is 1.60. The number of H-pyrrole nitrogens is 1. The number of aromatic amines is 1. The first kappa shape index (κ1) is 15.5. The number of rotatable bonds is 3. The minimum atomic E-state index is -0.760. The molecule has 0 spiro atoms. The third-order valence-corrected chi connectivity index (χ3v) is 5.15. The summed E-state index contributed by atoms with van der Waals surface area (Å²) in [6.45, 7) is 3.54. The number of likely N-dealkylation sites (tertiary alicyclic amines) is 1. The smallest absolute Gasteiger partial charge is 0.225 e. The van der Waals surface area contributed by atoms with Gasteiger partial charge in [0.25, 0.3) is 0 Å². The van der Waals surface area contributed by atoms with Gasteiger partial charge in [0.2, 0.25) is 5.91 Å². The van der Waals surface area contributed by atoms with Crippen LogP contribution in [0, 0.1) is 6.92 Å². The van der Waals surface area contributed by atoms with E-state index in [0.29, 0.717) is 5.92 Å². The van der Waals surface area contributed by atoms with Crippen LogP contribution in [-0.2, 0) is 4.79 Å². The molecule has 5 heteroatoms. The average molecular weight is 305 g/mol. The minimum absolute atomic E-state index is 0.109. The van der Waals surface area contributed by atoms with Crippen molar-refractivity contribution < 1.29 is 9.90 Å². The fraction of sp³-hybridized carbons (Fsp3) is 0.765. The van der Waals surface area contributed by atoms with Crippen molar-refractivity contribution in [2.24, 2.45) is 0 Å². The number of imidazole rings is 1. The standard InChI is InChI=1S/C17H27N3O2/c1-13-11-18-16(19-13)14-6-5-9-20(12-14)15(21)10-17(22)7-3-2-4-8-17/h11,14,22H,2-10,12H2,1H3,(H,18,19). The van der Waals surface area contributed by atoms with Gasteiger partial charge < -0.3 is 15.0 Å². The Morgan fingerprint density at radius 3 is 2.86 bits per heavy atom. The maximum atomic E-state index is 12.6. The Morgan fingerprint density at radius 2 is 2.18 bits per heavy atom. The second kappa shape index (κ2) is 6.41. The molecule has 1 aliphatic heterocycles. The third kappa shape index (κ3) is 3.51. The summed E-state index contributed by atoms with van der Waals surface area (Å²) < 4.78 is 0. The predicted octanol–water partition coefficient (Wildman–Crippen LogP) is 2.51. The number of carbonyl (C=O) groups is 1. The molecule has 1 aliphatic carbocycles. The number of piperidine rings is 1. The minimum Gasteiger partial charge on any atom is -0.389 e. The first-order valence-electron chi connectivity index (χ1n) is 8.57. The molecule has 0 aromatic carbocycles. The van der Waals surface area contributed by atoms with Gasteiger partial charge in [-0.05, 0) is 32.6 Å². The van der Waals surface area contributed by atoms with Crippen LogP contribution in [0.5, 0.6) is 0 Å². The summed E-state index contributed by atoms with van der Waals surface area (Å²) in [4.78, 5) is 22.2. The van der Waals surface area contributed by atoms with Gasteiger partial charge in [-0.3, -0.25) is 4.79 Å². The molecule has 0 bridgehead atoms. The van der Waals surface area contributed by atoms with Crippen molar-refractivity contribution in [2.45, 2.75) is 69.8 Å². The van der Waals surface area contributed by atoms with E-state index in [2.05, 4.69) is 9.97 Å². The molecule has 2 fully saturated rings. The zero-order chi connectivity index (χ0) is 15.6. The topological polar surface area (TPSA) is 69.2 Å². The van der Waals surface area contributed by atoms with Gasteiger partial charge in [0.1, 0.15) is 5.82 Å². The second-order valence-corrected chi connectivity index (χ2v) is 7.09. The van der Waals surface area contributed by atoms with Crippen molar-refractivity contribution in [3.63, 3.8) is 0 Å². The van der Waals surface area contributed by atoms with E-state index < -0.39 is 5.60 Å². The van der Waals surface area contributed by atoms with E-state index in [1.165, 1.54) is 6.42 Å². The molecule has 1 aromatic heterocycles. The quantitative estimate of drug-likeness (QED) is 0.901. The Bertz CT molecular complexity index is 520. The Hall–Kier alpha value is -1.36. The average Bonchev–Trinajstić information content (AvgIpc) is 2.94. The highest BCUT2D eigenvalue weighted by atomic mass is 16.3. The summed E-state index contributed by atoms with van der Waals surface area (Å²) in [5.41, 5.74) is 0.304. The molecular formula is C17H27N3O2. The van der Waals surface area contributed by atoms with Gasteiger partial charge in [-0.25, -0.2) is 4.98 Å². The molecule has 3 rings (SSSR count). The maximum absolute atomic E-state index is 12.6. The predicted molar refractivity (Wildman–Crippen MR) is 84.5 cm³/mol. The number of aliphatic hydroxyl groups is 1. The SMILES string of the molecule is Cc1cnc(C2CCCN(C(=O)CC3(O)CCCCC3)C2)[nH]1. The van der Waals surface area contributed by atoms with Crippen molar-refractivity contribution in [1.82, 2.24) is 14.9 Å².